The van der Waals surface area contributed by atoms with Gasteiger partial charge in [0.15, 0.2) is 0 Å². The number of esters is 1. The Bertz CT molecular complexity index is 1650. The number of ether oxygens (including phenoxy) is 1. The molecule has 38 heavy (non-hydrogen) atoms. The Balaban J connectivity index is 1.23. The summed E-state index contributed by atoms with van der Waals surface area (Å²) in [6, 6.07) is 30.7. The van der Waals surface area contributed by atoms with Gasteiger partial charge in [0.1, 0.15) is 17.6 Å². The molecule has 0 saturated carbocycles. The highest BCUT2D eigenvalue weighted by molar-refractivity contribution is 6.22. The molecule has 2 heterocycles. The first-order valence-electron chi connectivity index (χ1n) is 12.3. The van der Waals surface area contributed by atoms with Gasteiger partial charge < -0.3 is 9.30 Å². The van der Waals surface area contributed by atoms with Crippen LogP contribution in [0.25, 0.3) is 22.4 Å². The summed E-state index contributed by atoms with van der Waals surface area (Å²) in [7, 11) is 0. The predicted molar refractivity (Wildman–Crippen MR) is 143 cm³/mol. The fraction of sp³-hybridized carbons (Fsp3) is 0.0968. The molecule has 1 aliphatic heterocycles. The zero-order chi connectivity index (χ0) is 26.2. The van der Waals surface area contributed by atoms with Gasteiger partial charge in [-0.05, 0) is 61.0 Å². The van der Waals surface area contributed by atoms with Gasteiger partial charge in [-0.15, -0.1) is 0 Å². The zero-order valence-electron chi connectivity index (χ0n) is 20.6. The molecule has 186 valence electrons. The minimum Gasteiger partial charge on any atom is -0.425 e. The molecule has 0 saturated heterocycles. The van der Waals surface area contributed by atoms with Gasteiger partial charge in [-0.3, -0.25) is 14.5 Å². The SMILES string of the molecule is CC(C(=O)Oc1ccc(-c2nc3ccccc3n2Cc2ccccc2)cc1)N1C(=O)c2ccccc2C1=O. The molecule has 0 aliphatic carbocycles. The molecule has 7 nitrogen and oxygen atoms in total. The van der Waals surface area contributed by atoms with E-state index >= 15 is 0 Å². The molecule has 4 aromatic carbocycles. The van der Waals surface area contributed by atoms with Crippen LogP contribution in [0.2, 0.25) is 0 Å². The first kappa shape index (κ1) is 23.4. The number of benzene rings is 4. The number of hydrogen-bond donors (Lipinski definition) is 0. The van der Waals surface area contributed by atoms with Crippen LogP contribution >= 0.6 is 0 Å². The summed E-state index contributed by atoms with van der Waals surface area (Å²) in [5.41, 5.74) is 4.52. The van der Waals surface area contributed by atoms with Crippen molar-refractivity contribution in [1.82, 2.24) is 14.5 Å². The van der Waals surface area contributed by atoms with Crippen LogP contribution in [0.4, 0.5) is 0 Å². The molecule has 0 bridgehead atoms. The highest BCUT2D eigenvalue weighted by Crippen LogP contribution is 2.29. The second-order valence-electron chi connectivity index (χ2n) is 9.14. The Morgan fingerprint density at radius 3 is 2.08 bits per heavy atom. The van der Waals surface area contributed by atoms with Crippen LogP contribution in [0.15, 0.2) is 103 Å². The number of para-hydroxylation sites is 2. The Labute approximate surface area is 218 Å². The minimum atomic E-state index is -1.07. The fourth-order valence-electron chi connectivity index (χ4n) is 4.76. The van der Waals surface area contributed by atoms with Crippen LogP contribution in [0.5, 0.6) is 5.75 Å². The molecule has 6 rings (SSSR count). The van der Waals surface area contributed by atoms with Crippen molar-refractivity contribution in [2.75, 3.05) is 0 Å². The zero-order valence-corrected chi connectivity index (χ0v) is 20.6. The highest BCUT2D eigenvalue weighted by Gasteiger charge is 2.41. The molecule has 1 unspecified atom stereocenters. The van der Waals surface area contributed by atoms with Gasteiger partial charge in [0.05, 0.1) is 22.2 Å². The number of imidazole rings is 1. The lowest BCUT2D eigenvalue weighted by molar-refractivity contribution is -0.138. The third-order valence-electron chi connectivity index (χ3n) is 6.72. The van der Waals surface area contributed by atoms with E-state index in [2.05, 4.69) is 16.7 Å². The summed E-state index contributed by atoms with van der Waals surface area (Å²) < 4.78 is 7.71. The molecule has 0 fully saturated rings. The van der Waals surface area contributed by atoms with Gasteiger partial charge in [0, 0.05) is 12.1 Å². The average Bonchev–Trinajstić information content (AvgIpc) is 3.44. The largest absolute Gasteiger partial charge is 0.425 e. The van der Waals surface area contributed by atoms with Crippen molar-refractivity contribution >= 4 is 28.8 Å². The summed E-state index contributed by atoms with van der Waals surface area (Å²) in [4.78, 5) is 44.2. The summed E-state index contributed by atoms with van der Waals surface area (Å²) in [6.45, 7) is 2.15. The van der Waals surface area contributed by atoms with Gasteiger partial charge in [-0.2, -0.15) is 0 Å². The van der Waals surface area contributed by atoms with Crippen molar-refractivity contribution in [1.29, 1.82) is 0 Å². The fourth-order valence-corrected chi connectivity index (χ4v) is 4.76. The normalized spacial score (nSPS) is 13.6. The molecule has 2 amide bonds. The number of nitrogens with zero attached hydrogens (tertiary/aromatic N) is 3. The molecular weight excluding hydrogens is 478 g/mol. The van der Waals surface area contributed by atoms with Gasteiger partial charge in [0.2, 0.25) is 0 Å². The maximum Gasteiger partial charge on any atom is 0.334 e. The molecule has 0 radical (unpaired) electrons. The van der Waals surface area contributed by atoms with Crippen LogP contribution in [0.3, 0.4) is 0 Å². The number of fused-ring (bicyclic) bond motifs is 2. The smallest absolute Gasteiger partial charge is 0.334 e. The van der Waals surface area contributed by atoms with Crippen LogP contribution in [-0.2, 0) is 11.3 Å². The highest BCUT2D eigenvalue weighted by atomic mass is 16.5. The first-order valence-corrected chi connectivity index (χ1v) is 12.3. The molecule has 7 heteroatoms. The standard InChI is InChI=1S/C31H23N3O4/c1-20(34-29(35)24-11-5-6-12-25(24)30(34)36)31(37)38-23-17-15-22(16-18-23)28-32-26-13-7-8-14-27(26)33(28)19-21-9-3-2-4-10-21/h2-18,20H,19H2,1H3. The van der Waals surface area contributed by atoms with Crippen molar-refractivity contribution in [2.24, 2.45) is 0 Å². The van der Waals surface area contributed by atoms with Crippen LogP contribution < -0.4 is 4.74 Å². The van der Waals surface area contributed by atoms with E-state index in [1.165, 1.54) is 6.92 Å². The lowest BCUT2D eigenvalue weighted by atomic mass is 10.1. The number of aromatic nitrogens is 2. The van der Waals surface area contributed by atoms with Crippen LogP contribution in [-0.4, -0.2) is 38.3 Å². The van der Waals surface area contributed by atoms with Crippen molar-refractivity contribution in [3.63, 3.8) is 0 Å². The van der Waals surface area contributed by atoms with E-state index in [1.807, 2.05) is 54.6 Å². The lowest BCUT2D eigenvalue weighted by Gasteiger charge is -2.20. The average molecular weight is 502 g/mol. The monoisotopic (exact) mass is 501 g/mol. The molecular formula is C31H23N3O4. The van der Waals surface area contributed by atoms with E-state index < -0.39 is 23.8 Å². The summed E-state index contributed by atoms with van der Waals surface area (Å²) in [5, 5.41) is 0. The molecule has 1 aliphatic rings. The maximum absolute atomic E-state index is 12.9. The number of imide groups is 1. The van der Waals surface area contributed by atoms with E-state index in [1.54, 1.807) is 36.4 Å². The predicted octanol–water partition coefficient (Wildman–Crippen LogP) is 5.34. The van der Waals surface area contributed by atoms with Gasteiger partial charge in [0.25, 0.3) is 11.8 Å². The van der Waals surface area contributed by atoms with E-state index in [4.69, 9.17) is 9.72 Å². The Hall–Kier alpha value is -5.04. The third-order valence-corrected chi connectivity index (χ3v) is 6.72. The second-order valence-corrected chi connectivity index (χ2v) is 9.14. The van der Waals surface area contributed by atoms with Crippen LogP contribution in [0.1, 0.15) is 33.2 Å². The Morgan fingerprint density at radius 1 is 0.789 bits per heavy atom. The quantitative estimate of drug-likeness (QED) is 0.178. The number of carbonyl (C=O) groups is 3. The molecule has 1 atom stereocenters. The summed E-state index contributed by atoms with van der Waals surface area (Å²) in [5.74, 6) is -0.575. The molecule has 5 aromatic rings. The van der Waals surface area contributed by atoms with E-state index in [0.29, 0.717) is 23.4 Å². The van der Waals surface area contributed by atoms with E-state index in [9.17, 15) is 14.4 Å². The second kappa shape index (κ2) is 9.44. The van der Waals surface area contributed by atoms with Gasteiger partial charge in [-0.1, -0.05) is 54.6 Å². The minimum absolute atomic E-state index is 0.292. The van der Waals surface area contributed by atoms with Gasteiger partial charge >= 0.3 is 5.97 Å². The topological polar surface area (TPSA) is 81.5 Å². The summed E-state index contributed by atoms with van der Waals surface area (Å²) in [6.07, 6.45) is 0. The van der Waals surface area contributed by atoms with Crippen molar-refractivity contribution < 1.29 is 19.1 Å². The molecule has 0 N–H and O–H groups in total. The number of hydrogen-bond acceptors (Lipinski definition) is 5. The first-order chi connectivity index (χ1) is 18.5. The van der Waals surface area contributed by atoms with E-state index in [0.717, 1.165) is 32.9 Å². The Morgan fingerprint density at radius 2 is 1.39 bits per heavy atom. The van der Waals surface area contributed by atoms with Crippen LogP contribution in [0, 0.1) is 0 Å². The maximum atomic E-state index is 12.9. The summed E-state index contributed by atoms with van der Waals surface area (Å²) >= 11 is 0. The third kappa shape index (κ3) is 4.04. The number of rotatable bonds is 6. The van der Waals surface area contributed by atoms with Crippen molar-refractivity contribution in [3.05, 3.63) is 120 Å². The van der Waals surface area contributed by atoms with Crippen molar-refractivity contribution in [3.8, 4) is 17.1 Å². The lowest BCUT2D eigenvalue weighted by Crippen LogP contribution is -2.44. The van der Waals surface area contributed by atoms with E-state index in [-0.39, 0.29) is 0 Å². The van der Waals surface area contributed by atoms with Gasteiger partial charge in [-0.25, -0.2) is 9.78 Å². The number of carbonyl (C=O) groups excluding carboxylic acids is 3. The number of amides is 2. The molecule has 1 aromatic heterocycles. The Kier molecular flexibility index (Phi) is 5.81. The van der Waals surface area contributed by atoms with Crippen molar-refractivity contribution in [2.45, 2.75) is 19.5 Å². The molecule has 0 spiro atoms.